The van der Waals surface area contributed by atoms with Gasteiger partial charge in [-0.15, -0.1) is 0 Å². The summed E-state index contributed by atoms with van der Waals surface area (Å²) >= 11 is 0. The summed E-state index contributed by atoms with van der Waals surface area (Å²) in [7, 11) is 0. The number of nitrogens with zero attached hydrogens (tertiary/aromatic N) is 1. The summed E-state index contributed by atoms with van der Waals surface area (Å²) < 4.78 is 0. The molecule has 0 heterocycles. The number of phenols is 1. The second kappa shape index (κ2) is 6.17. The van der Waals surface area contributed by atoms with Crippen molar-refractivity contribution in [2.45, 2.75) is 33.2 Å². The van der Waals surface area contributed by atoms with Crippen LogP contribution < -0.4 is 5.32 Å². The molecule has 1 unspecified atom stereocenters. The maximum atomic E-state index is 11.9. The van der Waals surface area contributed by atoms with Crippen molar-refractivity contribution in [3.8, 4) is 5.75 Å². The number of carbonyl (C=O) groups is 1. The van der Waals surface area contributed by atoms with Crippen LogP contribution in [0.2, 0.25) is 0 Å². The van der Waals surface area contributed by atoms with Crippen LogP contribution in [0.5, 0.6) is 5.75 Å². The summed E-state index contributed by atoms with van der Waals surface area (Å²) in [5.74, 6) is -0.395. The predicted octanol–water partition coefficient (Wildman–Crippen LogP) is 2.46. The molecule has 0 bridgehead atoms. The highest BCUT2D eigenvalue weighted by Crippen LogP contribution is 2.26. The van der Waals surface area contributed by atoms with Gasteiger partial charge in [-0.3, -0.25) is 14.9 Å². The van der Waals surface area contributed by atoms with Crippen molar-refractivity contribution in [3.63, 3.8) is 0 Å². The second-order valence-electron chi connectivity index (χ2n) is 4.96. The fraction of sp³-hybridized carbons (Fsp3) is 0.462. The molecule has 6 nitrogen and oxygen atoms in total. The molecule has 0 radical (unpaired) electrons. The van der Waals surface area contributed by atoms with Gasteiger partial charge in [0, 0.05) is 17.7 Å². The SMILES string of the molecule is CC(C)CC(C)NC(=O)c1ccc([N+](=O)[O-])c(O)c1. The number of rotatable bonds is 5. The van der Waals surface area contributed by atoms with E-state index in [0.29, 0.717) is 5.92 Å². The van der Waals surface area contributed by atoms with E-state index < -0.39 is 16.4 Å². The van der Waals surface area contributed by atoms with Gasteiger partial charge in [-0.2, -0.15) is 0 Å². The van der Waals surface area contributed by atoms with Crippen LogP contribution in [-0.2, 0) is 0 Å². The molecule has 6 heteroatoms. The molecule has 19 heavy (non-hydrogen) atoms. The van der Waals surface area contributed by atoms with Crippen molar-refractivity contribution in [3.05, 3.63) is 33.9 Å². The van der Waals surface area contributed by atoms with Gasteiger partial charge >= 0.3 is 5.69 Å². The lowest BCUT2D eigenvalue weighted by molar-refractivity contribution is -0.385. The van der Waals surface area contributed by atoms with Crippen LogP contribution in [0.1, 0.15) is 37.6 Å². The molecule has 1 rings (SSSR count). The van der Waals surface area contributed by atoms with Crippen molar-refractivity contribution in [2.75, 3.05) is 0 Å². The molecule has 0 saturated heterocycles. The van der Waals surface area contributed by atoms with E-state index in [1.165, 1.54) is 6.07 Å². The van der Waals surface area contributed by atoms with Crippen LogP contribution in [-0.4, -0.2) is 22.0 Å². The average molecular weight is 266 g/mol. The molecular formula is C13H18N2O4. The highest BCUT2D eigenvalue weighted by molar-refractivity contribution is 5.95. The average Bonchev–Trinajstić information content (AvgIpc) is 2.26. The Morgan fingerprint density at radius 3 is 2.53 bits per heavy atom. The number of amides is 1. The van der Waals surface area contributed by atoms with E-state index in [1.54, 1.807) is 0 Å². The Bertz CT molecular complexity index is 486. The van der Waals surface area contributed by atoms with Gasteiger partial charge in [0.1, 0.15) is 0 Å². The Morgan fingerprint density at radius 1 is 1.42 bits per heavy atom. The maximum Gasteiger partial charge on any atom is 0.310 e. The quantitative estimate of drug-likeness (QED) is 0.632. The summed E-state index contributed by atoms with van der Waals surface area (Å²) in [5.41, 5.74) is -0.203. The minimum absolute atomic E-state index is 0.00448. The molecule has 1 aromatic rings. The van der Waals surface area contributed by atoms with Crippen molar-refractivity contribution in [1.82, 2.24) is 5.32 Å². The molecule has 0 aromatic heterocycles. The first-order valence-electron chi connectivity index (χ1n) is 6.09. The van der Waals surface area contributed by atoms with E-state index >= 15 is 0 Å². The van der Waals surface area contributed by atoms with Crippen LogP contribution in [0.3, 0.4) is 0 Å². The molecule has 1 aromatic carbocycles. The number of nitro benzene ring substituents is 1. The molecule has 0 aliphatic carbocycles. The van der Waals surface area contributed by atoms with Crippen LogP contribution in [0.25, 0.3) is 0 Å². The summed E-state index contributed by atoms with van der Waals surface area (Å²) in [5, 5.41) is 22.8. The van der Waals surface area contributed by atoms with Gasteiger partial charge in [-0.05, 0) is 31.4 Å². The highest BCUT2D eigenvalue weighted by atomic mass is 16.6. The fourth-order valence-electron chi connectivity index (χ4n) is 1.89. The topological polar surface area (TPSA) is 92.5 Å². The van der Waals surface area contributed by atoms with Gasteiger partial charge in [0.15, 0.2) is 5.75 Å². The maximum absolute atomic E-state index is 11.9. The molecular weight excluding hydrogens is 248 g/mol. The Balaban J connectivity index is 2.78. The lowest BCUT2D eigenvalue weighted by Crippen LogP contribution is -2.33. The monoisotopic (exact) mass is 266 g/mol. The van der Waals surface area contributed by atoms with E-state index in [2.05, 4.69) is 19.2 Å². The van der Waals surface area contributed by atoms with Crippen LogP contribution in [0, 0.1) is 16.0 Å². The lowest BCUT2D eigenvalue weighted by atomic mass is 10.0. The Hall–Kier alpha value is -2.11. The smallest absolute Gasteiger partial charge is 0.310 e. The molecule has 0 fully saturated rings. The Labute approximate surface area is 111 Å². The Kier molecular flexibility index (Phi) is 4.86. The number of benzene rings is 1. The normalized spacial score (nSPS) is 12.2. The molecule has 1 amide bonds. The number of phenolic OH excluding ortho intramolecular Hbond substituents is 1. The van der Waals surface area contributed by atoms with E-state index in [-0.39, 0.29) is 17.5 Å². The molecule has 0 aliphatic rings. The van der Waals surface area contributed by atoms with Gasteiger partial charge in [-0.1, -0.05) is 13.8 Å². The molecule has 0 spiro atoms. The van der Waals surface area contributed by atoms with E-state index in [4.69, 9.17) is 0 Å². The van der Waals surface area contributed by atoms with Crippen molar-refractivity contribution >= 4 is 11.6 Å². The van der Waals surface area contributed by atoms with Crippen LogP contribution in [0.4, 0.5) is 5.69 Å². The first-order chi connectivity index (χ1) is 8.81. The van der Waals surface area contributed by atoms with E-state index in [1.807, 2.05) is 6.92 Å². The summed E-state index contributed by atoms with van der Waals surface area (Å²) in [6.45, 7) is 6.00. The standard InChI is InChI=1S/C13H18N2O4/c1-8(2)6-9(3)14-13(17)10-4-5-11(15(18)19)12(16)7-10/h4-5,7-9,16H,6H2,1-3H3,(H,14,17). The minimum atomic E-state index is -0.696. The number of hydrogen-bond acceptors (Lipinski definition) is 4. The zero-order valence-corrected chi connectivity index (χ0v) is 11.2. The zero-order valence-electron chi connectivity index (χ0n) is 11.2. The van der Waals surface area contributed by atoms with Gasteiger partial charge in [-0.25, -0.2) is 0 Å². The first kappa shape index (κ1) is 14.9. The Morgan fingerprint density at radius 2 is 2.05 bits per heavy atom. The number of aromatic hydroxyl groups is 1. The van der Waals surface area contributed by atoms with Gasteiger partial charge in [0.25, 0.3) is 5.91 Å². The molecule has 2 N–H and O–H groups in total. The summed E-state index contributed by atoms with van der Waals surface area (Å²) in [6.07, 6.45) is 0.838. The summed E-state index contributed by atoms with van der Waals surface area (Å²) in [4.78, 5) is 21.7. The molecule has 0 aliphatic heterocycles. The third-order valence-corrected chi connectivity index (χ3v) is 2.64. The van der Waals surface area contributed by atoms with E-state index in [9.17, 15) is 20.0 Å². The van der Waals surface area contributed by atoms with Gasteiger partial charge in [0.05, 0.1) is 4.92 Å². The largest absolute Gasteiger partial charge is 0.502 e. The molecule has 1 atom stereocenters. The van der Waals surface area contributed by atoms with Gasteiger partial charge < -0.3 is 10.4 Å². The number of hydrogen-bond donors (Lipinski definition) is 2. The van der Waals surface area contributed by atoms with Crippen molar-refractivity contribution in [1.29, 1.82) is 0 Å². The lowest BCUT2D eigenvalue weighted by Gasteiger charge is -2.15. The third-order valence-electron chi connectivity index (χ3n) is 2.64. The minimum Gasteiger partial charge on any atom is -0.502 e. The zero-order chi connectivity index (χ0) is 14.6. The van der Waals surface area contributed by atoms with Gasteiger partial charge in [0.2, 0.25) is 0 Å². The first-order valence-corrected chi connectivity index (χ1v) is 6.09. The molecule has 0 saturated carbocycles. The predicted molar refractivity (Wildman–Crippen MR) is 71.1 cm³/mol. The molecule has 104 valence electrons. The fourth-order valence-corrected chi connectivity index (χ4v) is 1.89. The third kappa shape index (κ3) is 4.24. The number of carbonyl (C=O) groups excluding carboxylic acids is 1. The number of nitrogens with one attached hydrogen (secondary N) is 1. The van der Waals surface area contributed by atoms with Crippen LogP contribution >= 0.6 is 0 Å². The highest BCUT2D eigenvalue weighted by Gasteiger charge is 2.17. The van der Waals surface area contributed by atoms with E-state index in [0.717, 1.165) is 18.6 Å². The summed E-state index contributed by atoms with van der Waals surface area (Å²) in [6, 6.07) is 3.56. The van der Waals surface area contributed by atoms with Crippen molar-refractivity contribution in [2.24, 2.45) is 5.92 Å². The van der Waals surface area contributed by atoms with Crippen LogP contribution in [0.15, 0.2) is 18.2 Å². The number of nitro groups is 1. The van der Waals surface area contributed by atoms with Crippen molar-refractivity contribution < 1.29 is 14.8 Å². The second-order valence-corrected chi connectivity index (χ2v) is 4.96.